The standard InChI is InChI=1S/C20H37NO20S3/c1-19(8-35-3)16(23)14(41-44(32,33)34)12(39-17(19)18(24)25)6-37-5-10-11(7-38-43(29,30)31)40-20(2,9-36-4)15(13(10)22)21-42(26,27)28/h10-17,21-23H,5-9H2,1-4H3,(H,24,25)(H,26,27,28)(H,29,30,31)(H,32,33,34). The molecule has 0 aromatic carbocycles. The molecule has 260 valence electrons. The molecule has 7 N–H and O–H groups in total. The minimum Gasteiger partial charge on any atom is -0.479 e. The Morgan fingerprint density at radius 3 is 1.95 bits per heavy atom. The molecule has 2 saturated heterocycles. The lowest BCUT2D eigenvalue weighted by atomic mass is 9.73. The molecule has 10 unspecified atom stereocenters. The van der Waals surface area contributed by atoms with Crippen LogP contribution in [-0.2, 0) is 67.9 Å². The van der Waals surface area contributed by atoms with Crippen LogP contribution in [0.2, 0.25) is 0 Å². The van der Waals surface area contributed by atoms with Crippen molar-refractivity contribution >= 4 is 37.1 Å². The molecule has 0 bridgehead atoms. The van der Waals surface area contributed by atoms with Gasteiger partial charge in [0.15, 0.2) is 6.10 Å². The van der Waals surface area contributed by atoms with E-state index in [-0.39, 0.29) is 0 Å². The van der Waals surface area contributed by atoms with E-state index in [0.29, 0.717) is 0 Å². The highest BCUT2D eigenvalue weighted by Gasteiger charge is 2.58. The Hall–Kier alpha value is -1.20. The van der Waals surface area contributed by atoms with E-state index in [1.165, 1.54) is 28.1 Å². The van der Waals surface area contributed by atoms with E-state index in [1.54, 1.807) is 4.72 Å². The molecule has 0 radical (unpaired) electrons. The second kappa shape index (κ2) is 14.7. The molecule has 24 heteroatoms. The third-order valence-corrected chi connectivity index (χ3v) is 8.64. The largest absolute Gasteiger partial charge is 0.479 e. The van der Waals surface area contributed by atoms with Gasteiger partial charge in [-0.05, 0) is 6.92 Å². The van der Waals surface area contributed by atoms with Gasteiger partial charge in [-0.25, -0.2) is 13.2 Å². The summed E-state index contributed by atoms with van der Waals surface area (Å²) in [5, 5.41) is 31.9. The quantitative estimate of drug-likeness (QED) is 0.0762. The van der Waals surface area contributed by atoms with Crippen LogP contribution < -0.4 is 4.72 Å². The van der Waals surface area contributed by atoms with Gasteiger partial charge in [-0.2, -0.15) is 30.0 Å². The molecule has 0 amide bonds. The predicted octanol–water partition coefficient (Wildman–Crippen LogP) is -3.58. The average Bonchev–Trinajstić information content (AvgIpc) is 2.84. The summed E-state index contributed by atoms with van der Waals surface area (Å²) in [4.78, 5) is 12.0. The molecule has 0 aliphatic carbocycles. The summed E-state index contributed by atoms with van der Waals surface area (Å²) in [7, 11) is -12.9. The van der Waals surface area contributed by atoms with E-state index >= 15 is 0 Å². The Kier molecular flexibility index (Phi) is 13.0. The van der Waals surface area contributed by atoms with Crippen molar-refractivity contribution in [2.45, 2.75) is 62.1 Å². The Balaban J connectivity index is 2.41. The first-order chi connectivity index (χ1) is 20.0. The van der Waals surface area contributed by atoms with Crippen molar-refractivity contribution in [3.63, 3.8) is 0 Å². The molecular formula is C20H37NO20S3. The number of aliphatic hydroxyl groups is 2. The number of nitrogens with one attached hydrogen (secondary N) is 1. The summed E-state index contributed by atoms with van der Waals surface area (Å²) in [6.45, 7) is -0.907. The highest BCUT2D eigenvalue weighted by molar-refractivity contribution is 7.83. The van der Waals surface area contributed by atoms with Gasteiger partial charge in [0.05, 0.1) is 62.8 Å². The smallest absolute Gasteiger partial charge is 0.397 e. The van der Waals surface area contributed by atoms with Crippen LogP contribution in [0.4, 0.5) is 0 Å². The van der Waals surface area contributed by atoms with E-state index < -0.39 is 130 Å². The number of carbonyl (C=O) groups is 1. The first kappa shape index (κ1) is 39.0. The number of carboxylic acid groups (broad SMARTS) is 1. The maximum Gasteiger partial charge on any atom is 0.397 e. The van der Waals surface area contributed by atoms with Gasteiger partial charge in [0.2, 0.25) is 0 Å². The van der Waals surface area contributed by atoms with E-state index in [9.17, 15) is 54.5 Å². The lowest BCUT2D eigenvalue weighted by Gasteiger charge is -2.50. The second-order valence-electron chi connectivity index (χ2n) is 10.6. The molecule has 0 spiro atoms. The second-order valence-corrected chi connectivity index (χ2v) is 14.0. The molecule has 10 atom stereocenters. The molecule has 2 aliphatic heterocycles. The van der Waals surface area contributed by atoms with Crippen molar-refractivity contribution in [3.05, 3.63) is 0 Å². The molecular weight excluding hydrogens is 670 g/mol. The summed E-state index contributed by atoms with van der Waals surface area (Å²) in [6, 6.07) is -1.66. The van der Waals surface area contributed by atoms with Gasteiger partial charge in [0.25, 0.3) is 0 Å². The number of hydrogen-bond acceptors (Lipinski definition) is 16. The Bertz CT molecular complexity index is 1310. The van der Waals surface area contributed by atoms with Crippen LogP contribution in [0, 0.1) is 11.3 Å². The van der Waals surface area contributed by atoms with Crippen LogP contribution >= 0.6 is 0 Å². The van der Waals surface area contributed by atoms with Gasteiger partial charge in [-0.1, -0.05) is 6.92 Å². The summed E-state index contributed by atoms with van der Waals surface area (Å²) >= 11 is 0. The van der Waals surface area contributed by atoms with Crippen LogP contribution in [0.15, 0.2) is 0 Å². The average molecular weight is 708 g/mol. The normalized spacial score (nSPS) is 37.1. The van der Waals surface area contributed by atoms with E-state index in [2.05, 4.69) is 8.37 Å². The molecule has 21 nitrogen and oxygen atoms in total. The van der Waals surface area contributed by atoms with Gasteiger partial charge >= 0.3 is 37.1 Å². The first-order valence-corrected chi connectivity index (χ1v) is 16.6. The SMILES string of the molecule is COCC1(C)OC(COS(=O)(=O)O)C(COCC2OC(C(=O)O)C(C)(COC)C(O)C2OS(=O)(=O)O)C(O)C1NS(=O)(=O)O. The van der Waals surface area contributed by atoms with Crippen LogP contribution in [0.3, 0.4) is 0 Å². The highest BCUT2D eigenvalue weighted by Crippen LogP contribution is 2.40. The number of aliphatic carboxylic acids is 1. The predicted molar refractivity (Wildman–Crippen MR) is 140 cm³/mol. The maximum atomic E-state index is 12.0. The highest BCUT2D eigenvalue weighted by atomic mass is 32.3. The molecule has 0 saturated carbocycles. The van der Waals surface area contributed by atoms with Crippen molar-refractivity contribution < 1.29 is 91.1 Å². The number of aliphatic hydroxyl groups excluding tert-OH is 2. The summed E-state index contributed by atoms with van der Waals surface area (Å²) in [5.41, 5.74) is -3.59. The van der Waals surface area contributed by atoms with Gasteiger partial charge in [-0.15, -0.1) is 0 Å². The van der Waals surface area contributed by atoms with Crippen LogP contribution in [0.1, 0.15) is 13.8 Å². The number of methoxy groups -OCH3 is 2. The van der Waals surface area contributed by atoms with Crippen molar-refractivity contribution in [1.82, 2.24) is 4.72 Å². The zero-order valence-corrected chi connectivity index (χ0v) is 26.2. The monoisotopic (exact) mass is 707 g/mol. The van der Waals surface area contributed by atoms with E-state index in [4.69, 9.17) is 28.2 Å². The Labute approximate surface area is 253 Å². The van der Waals surface area contributed by atoms with Gasteiger partial charge in [0.1, 0.15) is 17.8 Å². The zero-order chi connectivity index (χ0) is 33.9. The molecule has 0 aromatic rings. The van der Waals surface area contributed by atoms with Gasteiger partial charge in [-0.3, -0.25) is 13.7 Å². The first-order valence-electron chi connectivity index (χ1n) is 12.5. The lowest BCUT2D eigenvalue weighted by molar-refractivity contribution is -0.256. The molecule has 44 heavy (non-hydrogen) atoms. The van der Waals surface area contributed by atoms with Crippen molar-refractivity contribution in [1.29, 1.82) is 0 Å². The van der Waals surface area contributed by atoms with Crippen molar-refractivity contribution in [2.75, 3.05) is 47.3 Å². The number of rotatable bonds is 16. The third-order valence-electron chi connectivity index (χ3n) is 7.19. The van der Waals surface area contributed by atoms with Crippen LogP contribution in [0.25, 0.3) is 0 Å². The molecule has 2 fully saturated rings. The Morgan fingerprint density at radius 2 is 1.48 bits per heavy atom. The summed E-state index contributed by atoms with van der Waals surface area (Å²) < 4.78 is 134. The van der Waals surface area contributed by atoms with Crippen LogP contribution in [-0.4, -0.2) is 156 Å². The van der Waals surface area contributed by atoms with Crippen molar-refractivity contribution in [3.8, 4) is 0 Å². The Morgan fingerprint density at radius 1 is 0.886 bits per heavy atom. The summed E-state index contributed by atoms with van der Waals surface area (Å²) in [5.74, 6) is -3.03. The fourth-order valence-corrected chi connectivity index (χ4v) is 6.81. The minimum absolute atomic E-state index is 0.424. The maximum absolute atomic E-state index is 12.0. The fourth-order valence-electron chi connectivity index (χ4n) is 5.28. The number of hydrogen-bond donors (Lipinski definition) is 7. The molecule has 2 rings (SSSR count). The third kappa shape index (κ3) is 10.1. The number of carboxylic acids is 1. The lowest BCUT2D eigenvalue weighted by Crippen LogP contribution is -2.69. The topological polar surface area (TPSA) is 318 Å². The molecule has 2 aliphatic rings. The minimum atomic E-state index is -5.26. The van der Waals surface area contributed by atoms with Crippen LogP contribution in [0.5, 0.6) is 0 Å². The number of ether oxygens (including phenoxy) is 5. The molecule has 2 heterocycles. The van der Waals surface area contributed by atoms with Gasteiger partial charge in [0, 0.05) is 20.1 Å². The fraction of sp³-hybridized carbons (Fsp3) is 0.950. The van der Waals surface area contributed by atoms with E-state index in [0.717, 1.165) is 0 Å². The zero-order valence-electron chi connectivity index (χ0n) is 23.8. The molecule has 0 aromatic heterocycles. The summed E-state index contributed by atoms with van der Waals surface area (Å²) in [6.07, 6.45) is -10.8. The van der Waals surface area contributed by atoms with Crippen molar-refractivity contribution in [2.24, 2.45) is 11.3 Å². The van der Waals surface area contributed by atoms with Gasteiger partial charge < -0.3 is 39.0 Å². The van der Waals surface area contributed by atoms with E-state index in [1.807, 2.05) is 0 Å².